The van der Waals surface area contributed by atoms with Gasteiger partial charge < -0.3 is 15.4 Å². The van der Waals surface area contributed by atoms with Crippen molar-refractivity contribution in [1.82, 2.24) is 10.3 Å². The number of rotatable bonds is 3. The van der Waals surface area contributed by atoms with E-state index in [-0.39, 0.29) is 17.6 Å². The Hall–Kier alpha value is -1.62. The second kappa shape index (κ2) is 6.43. The first-order chi connectivity index (χ1) is 9.88. The van der Waals surface area contributed by atoms with Crippen LogP contribution in [0.15, 0.2) is 18.5 Å². The Morgan fingerprint density at radius 2 is 2.24 bits per heavy atom. The van der Waals surface area contributed by atoms with Gasteiger partial charge in [0, 0.05) is 37.2 Å². The van der Waals surface area contributed by atoms with E-state index in [0.717, 1.165) is 24.3 Å². The Bertz CT molecular complexity index is 497. The van der Waals surface area contributed by atoms with Gasteiger partial charge >= 0.3 is 6.03 Å². The molecule has 0 radical (unpaired) electrons. The number of urea groups is 1. The minimum absolute atomic E-state index is 0.0982. The second-order valence-corrected chi connectivity index (χ2v) is 6.73. The van der Waals surface area contributed by atoms with Gasteiger partial charge in [-0.3, -0.25) is 4.98 Å². The number of hydrogen-bond acceptors (Lipinski definition) is 3. The predicted molar refractivity (Wildman–Crippen MR) is 83.3 cm³/mol. The minimum atomic E-state index is -0.177. The highest BCUT2D eigenvalue weighted by atomic mass is 16.5. The number of anilines is 1. The molecule has 1 aliphatic heterocycles. The van der Waals surface area contributed by atoms with Crippen LogP contribution in [0.25, 0.3) is 0 Å². The molecule has 0 aromatic carbocycles. The Morgan fingerprint density at radius 1 is 1.48 bits per heavy atom. The fourth-order valence-corrected chi connectivity index (χ4v) is 2.80. The number of nitrogens with one attached hydrogen (secondary N) is 2. The third kappa shape index (κ3) is 4.17. The van der Waals surface area contributed by atoms with Crippen LogP contribution in [0.3, 0.4) is 0 Å². The van der Waals surface area contributed by atoms with Crippen molar-refractivity contribution in [3.05, 3.63) is 24.0 Å². The van der Waals surface area contributed by atoms with Crippen molar-refractivity contribution in [2.24, 2.45) is 11.3 Å². The molecule has 2 amide bonds. The van der Waals surface area contributed by atoms with Gasteiger partial charge in [-0.2, -0.15) is 0 Å². The van der Waals surface area contributed by atoms with Gasteiger partial charge in [0.25, 0.3) is 0 Å². The Kier molecular flexibility index (Phi) is 4.83. The smallest absolute Gasteiger partial charge is 0.319 e. The number of carbonyl (C=O) groups is 1. The maximum atomic E-state index is 12.0. The van der Waals surface area contributed by atoms with E-state index in [1.807, 2.05) is 6.92 Å². The van der Waals surface area contributed by atoms with Crippen LogP contribution in [0.5, 0.6) is 0 Å². The summed E-state index contributed by atoms with van der Waals surface area (Å²) in [5.41, 5.74) is 1.84. The van der Waals surface area contributed by atoms with Crippen LogP contribution in [0.1, 0.15) is 32.8 Å². The van der Waals surface area contributed by atoms with Crippen LogP contribution in [-0.4, -0.2) is 30.3 Å². The summed E-state index contributed by atoms with van der Waals surface area (Å²) >= 11 is 0. The summed E-state index contributed by atoms with van der Waals surface area (Å²) in [4.78, 5) is 16.0. The maximum Gasteiger partial charge on any atom is 0.319 e. The number of aryl methyl sites for hydroxylation is 1. The zero-order valence-corrected chi connectivity index (χ0v) is 13.3. The number of carbonyl (C=O) groups excluding carboxylic acids is 1. The average molecular weight is 291 g/mol. The third-order valence-electron chi connectivity index (χ3n) is 3.86. The van der Waals surface area contributed by atoms with Gasteiger partial charge in [0.2, 0.25) is 0 Å². The summed E-state index contributed by atoms with van der Waals surface area (Å²) in [6.07, 6.45) is 4.59. The first kappa shape index (κ1) is 15.8. The molecular weight excluding hydrogens is 266 g/mol. The fourth-order valence-electron chi connectivity index (χ4n) is 2.80. The number of nitrogens with zero attached hydrogens (tertiary/aromatic N) is 1. The van der Waals surface area contributed by atoms with Crippen molar-refractivity contribution in [1.29, 1.82) is 0 Å². The van der Waals surface area contributed by atoms with E-state index >= 15 is 0 Å². The lowest BCUT2D eigenvalue weighted by Gasteiger charge is -2.31. The summed E-state index contributed by atoms with van der Waals surface area (Å²) in [6, 6.07) is 1.62. The number of amides is 2. The van der Waals surface area contributed by atoms with E-state index in [0.29, 0.717) is 12.5 Å². The molecular formula is C16H25N3O2. The van der Waals surface area contributed by atoms with Crippen LogP contribution >= 0.6 is 0 Å². The van der Waals surface area contributed by atoms with Crippen molar-refractivity contribution in [2.75, 3.05) is 18.5 Å². The van der Waals surface area contributed by atoms with E-state index in [2.05, 4.69) is 36.4 Å². The van der Waals surface area contributed by atoms with Gasteiger partial charge in [-0.15, -0.1) is 0 Å². The molecule has 0 bridgehead atoms. The molecule has 2 atom stereocenters. The lowest BCUT2D eigenvalue weighted by molar-refractivity contribution is 0.00782. The van der Waals surface area contributed by atoms with Crippen LogP contribution in [0.4, 0.5) is 10.5 Å². The van der Waals surface area contributed by atoms with E-state index in [4.69, 9.17) is 4.74 Å². The molecule has 1 fully saturated rings. The van der Waals surface area contributed by atoms with E-state index in [9.17, 15) is 4.79 Å². The van der Waals surface area contributed by atoms with Crippen LogP contribution < -0.4 is 10.6 Å². The molecule has 21 heavy (non-hydrogen) atoms. The Labute approximate surface area is 126 Å². The average Bonchev–Trinajstić information content (AvgIpc) is 2.87. The second-order valence-electron chi connectivity index (χ2n) is 6.73. The Morgan fingerprint density at radius 3 is 2.90 bits per heavy atom. The van der Waals surface area contributed by atoms with Crippen molar-refractivity contribution >= 4 is 11.7 Å². The normalized spacial score (nSPS) is 22.1. The van der Waals surface area contributed by atoms with Gasteiger partial charge in [-0.1, -0.05) is 20.8 Å². The van der Waals surface area contributed by atoms with Gasteiger partial charge in [0.15, 0.2) is 0 Å². The Balaban J connectivity index is 1.86. The van der Waals surface area contributed by atoms with Crippen molar-refractivity contribution in [2.45, 2.75) is 40.2 Å². The quantitative estimate of drug-likeness (QED) is 0.900. The van der Waals surface area contributed by atoms with Gasteiger partial charge in [0.1, 0.15) is 0 Å². The zero-order chi connectivity index (χ0) is 15.5. The molecule has 2 heterocycles. The lowest BCUT2D eigenvalue weighted by Crippen LogP contribution is -2.40. The SMILES string of the molecule is Cc1cnccc1NC(=O)NC[C@H]1CCO[C@@H]1C(C)(C)C. The summed E-state index contributed by atoms with van der Waals surface area (Å²) in [7, 11) is 0. The largest absolute Gasteiger partial charge is 0.377 e. The molecule has 1 aliphatic rings. The fraction of sp³-hybridized carbons (Fsp3) is 0.625. The summed E-state index contributed by atoms with van der Waals surface area (Å²) in [5.74, 6) is 0.370. The van der Waals surface area contributed by atoms with Crippen molar-refractivity contribution < 1.29 is 9.53 Å². The summed E-state index contributed by atoms with van der Waals surface area (Å²) in [6.45, 7) is 9.86. The molecule has 0 unspecified atom stereocenters. The monoisotopic (exact) mass is 291 g/mol. The highest BCUT2D eigenvalue weighted by molar-refractivity contribution is 5.89. The molecule has 1 saturated heterocycles. The van der Waals surface area contributed by atoms with Gasteiger partial charge in [-0.25, -0.2) is 4.79 Å². The molecule has 5 nitrogen and oxygen atoms in total. The van der Waals surface area contributed by atoms with E-state index in [1.54, 1.807) is 18.5 Å². The number of aromatic nitrogens is 1. The van der Waals surface area contributed by atoms with E-state index in [1.165, 1.54) is 0 Å². The maximum absolute atomic E-state index is 12.0. The first-order valence-corrected chi connectivity index (χ1v) is 7.45. The summed E-state index contributed by atoms with van der Waals surface area (Å²) < 4.78 is 5.82. The molecule has 0 spiro atoms. The van der Waals surface area contributed by atoms with Crippen molar-refractivity contribution in [3.63, 3.8) is 0 Å². The highest BCUT2D eigenvalue weighted by Crippen LogP contribution is 2.34. The predicted octanol–water partition coefficient (Wildman–Crippen LogP) is 2.96. The zero-order valence-electron chi connectivity index (χ0n) is 13.3. The van der Waals surface area contributed by atoms with E-state index < -0.39 is 0 Å². The first-order valence-electron chi connectivity index (χ1n) is 7.45. The van der Waals surface area contributed by atoms with Crippen LogP contribution in [0.2, 0.25) is 0 Å². The standard InChI is InChI=1S/C16H25N3O2/c1-11-9-17-7-5-13(11)19-15(20)18-10-12-6-8-21-14(12)16(2,3)4/h5,7,9,12,14H,6,8,10H2,1-4H3,(H2,17,18,19,20)/t12-,14+/m1/s1. The third-order valence-corrected chi connectivity index (χ3v) is 3.86. The molecule has 2 rings (SSSR count). The number of pyridine rings is 1. The number of ether oxygens (including phenoxy) is 1. The van der Waals surface area contributed by atoms with Crippen LogP contribution in [-0.2, 0) is 4.74 Å². The van der Waals surface area contributed by atoms with Crippen molar-refractivity contribution in [3.8, 4) is 0 Å². The molecule has 2 N–H and O–H groups in total. The molecule has 116 valence electrons. The highest BCUT2D eigenvalue weighted by Gasteiger charge is 2.37. The molecule has 1 aromatic heterocycles. The molecule has 0 saturated carbocycles. The molecule has 5 heteroatoms. The topological polar surface area (TPSA) is 63.2 Å². The lowest BCUT2D eigenvalue weighted by atomic mass is 9.81. The van der Waals surface area contributed by atoms with Gasteiger partial charge in [0.05, 0.1) is 6.10 Å². The molecule has 0 aliphatic carbocycles. The van der Waals surface area contributed by atoms with Crippen LogP contribution in [0, 0.1) is 18.3 Å². The minimum Gasteiger partial charge on any atom is -0.377 e. The molecule has 1 aromatic rings. The summed E-state index contributed by atoms with van der Waals surface area (Å²) in [5, 5.41) is 5.81. The number of hydrogen-bond donors (Lipinski definition) is 2. The van der Waals surface area contributed by atoms with Gasteiger partial charge in [-0.05, 0) is 30.4 Å².